The summed E-state index contributed by atoms with van der Waals surface area (Å²) < 4.78 is 0. The van der Waals surface area contributed by atoms with Crippen LogP contribution >= 0.6 is 24.8 Å². The Hall–Kier alpha value is -0.760. The Morgan fingerprint density at radius 3 is 2.29 bits per heavy atom. The van der Waals surface area contributed by atoms with Crippen molar-refractivity contribution in [2.75, 3.05) is 26.2 Å². The van der Waals surface area contributed by atoms with Gasteiger partial charge < -0.3 is 5.11 Å². The van der Waals surface area contributed by atoms with Crippen molar-refractivity contribution in [3.8, 4) is 11.8 Å². The fourth-order valence-corrected chi connectivity index (χ4v) is 1.73. The molecule has 1 aromatic rings. The predicted octanol–water partition coefficient (Wildman–Crippen LogP) is 2.33. The summed E-state index contributed by atoms with van der Waals surface area (Å²) >= 11 is 0. The molecule has 0 aliphatic carbocycles. The molecule has 2 N–H and O–H groups in total. The zero-order valence-corrected chi connectivity index (χ0v) is 14.3. The van der Waals surface area contributed by atoms with Gasteiger partial charge in [0.25, 0.3) is 0 Å². The van der Waals surface area contributed by atoms with Gasteiger partial charge in [-0.05, 0) is 18.7 Å². The van der Waals surface area contributed by atoms with E-state index >= 15 is 0 Å². The maximum atomic E-state index is 9.31. The lowest BCUT2D eigenvalue weighted by atomic mass is 10.2. The molecular formula is C16H26Cl2N2O. The van der Waals surface area contributed by atoms with Crippen LogP contribution < -0.4 is 5.32 Å². The highest BCUT2D eigenvalue weighted by Gasteiger charge is 2.02. The molecule has 1 atom stereocenters. The van der Waals surface area contributed by atoms with Crippen LogP contribution in [0.2, 0.25) is 0 Å². The van der Waals surface area contributed by atoms with Crippen LogP contribution in [-0.4, -0.2) is 42.3 Å². The highest BCUT2D eigenvalue weighted by atomic mass is 35.5. The van der Waals surface area contributed by atoms with Crippen molar-refractivity contribution >= 4 is 24.8 Å². The molecule has 0 saturated carbocycles. The van der Waals surface area contributed by atoms with Gasteiger partial charge in [-0.1, -0.05) is 56.0 Å². The number of hydrogen-bond acceptors (Lipinski definition) is 3. The fraction of sp³-hybridized carbons (Fsp3) is 0.500. The summed E-state index contributed by atoms with van der Waals surface area (Å²) in [6.07, 6.45) is 0. The molecule has 21 heavy (non-hydrogen) atoms. The van der Waals surface area contributed by atoms with Crippen LogP contribution in [0.15, 0.2) is 30.3 Å². The van der Waals surface area contributed by atoms with E-state index in [-0.39, 0.29) is 37.5 Å². The standard InChI is InChI=1S/C16H24N2O.2ClH/c1-3-18(4-2)12-8-11-16(14-19)17-13-15-9-6-5-7-10-15;;/h5-7,9-10,16-17,19H,3-4,12-14H2,1-2H3;2*1H. The molecule has 1 rings (SSSR count). The van der Waals surface area contributed by atoms with E-state index in [0.29, 0.717) is 0 Å². The van der Waals surface area contributed by atoms with Gasteiger partial charge in [0.05, 0.1) is 19.2 Å². The Morgan fingerprint density at radius 2 is 1.76 bits per heavy atom. The van der Waals surface area contributed by atoms with E-state index in [1.165, 1.54) is 5.56 Å². The van der Waals surface area contributed by atoms with Crippen LogP contribution in [0.4, 0.5) is 0 Å². The molecule has 0 amide bonds. The van der Waals surface area contributed by atoms with Crippen molar-refractivity contribution in [3.05, 3.63) is 35.9 Å². The quantitative estimate of drug-likeness (QED) is 0.752. The zero-order valence-electron chi connectivity index (χ0n) is 12.7. The number of benzene rings is 1. The fourth-order valence-electron chi connectivity index (χ4n) is 1.73. The van der Waals surface area contributed by atoms with Gasteiger partial charge in [-0.15, -0.1) is 24.8 Å². The van der Waals surface area contributed by atoms with Crippen molar-refractivity contribution in [1.29, 1.82) is 0 Å². The van der Waals surface area contributed by atoms with Crippen LogP contribution in [0.5, 0.6) is 0 Å². The summed E-state index contributed by atoms with van der Waals surface area (Å²) in [6.45, 7) is 7.80. The van der Waals surface area contributed by atoms with Crippen molar-refractivity contribution in [3.63, 3.8) is 0 Å². The smallest absolute Gasteiger partial charge is 0.0926 e. The minimum atomic E-state index is -0.157. The molecule has 5 heteroatoms. The predicted molar refractivity (Wildman–Crippen MR) is 94.2 cm³/mol. The molecular weight excluding hydrogens is 307 g/mol. The lowest BCUT2D eigenvalue weighted by Gasteiger charge is -2.14. The maximum Gasteiger partial charge on any atom is 0.0926 e. The van der Waals surface area contributed by atoms with E-state index in [1.54, 1.807) is 0 Å². The van der Waals surface area contributed by atoms with E-state index in [0.717, 1.165) is 26.2 Å². The molecule has 0 aromatic heterocycles. The third kappa shape index (κ3) is 9.73. The summed E-state index contributed by atoms with van der Waals surface area (Å²) in [6, 6.07) is 9.98. The van der Waals surface area contributed by atoms with Crippen molar-refractivity contribution in [1.82, 2.24) is 10.2 Å². The van der Waals surface area contributed by atoms with Gasteiger partial charge in [-0.25, -0.2) is 0 Å². The van der Waals surface area contributed by atoms with Gasteiger partial charge in [0, 0.05) is 6.54 Å². The summed E-state index contributed by atoms with van der Waals surface area (Å²) in [5.74, 6) is 6.21. The molecule has 0 heterocycles. The maximum absolute atomic E-state index is 9.31. The third-order valence-corrected chi connectivity index (χ3v) is 3.05. The van der Waals surface area contributed by atoms with E-state index in [9.17, 15) is 5.11 Å². The number of rotatable bonds is 7. The van der Waals surface area contributed by atoms with Gasteiger partial charge in [0.15, 0.2) is 0 Å². The summed E-state index contributed by atoms with van der Waals surface area (Å²) in [5, 5.41) is 12.6. The summed E-state index contributed by atoms with van der Waals surface area (Å²) in [4.78, 5) is 2.25. The first-order chi connectivity index (χ1) is 9.30. The van der Waals surface area contributed by atoms with Gasteiger partial charge in [0.1, 0.15) is 0 Å². The molecule has 1 unspecified atom stereocenters. The lowest BCUT2D eigenvalue weighted by Crippen LogP contribution is -2.31. The van der Waals surface area contributed by atoms with Gasteiger partial charge in [0.2, 0.25) is 0 Å². The molecule has 0 aliphatic rings. The van der Waals surface area contributed by atoms with E-state index in [4.69, 9.17) is 0 Å². The van der Waals surface area contributed by atoms with Crippen LogP contribution in [0.3, 0.4) is 0 Å². The topological polar surface area (TPSA) is 35.5 Å². The van der Waals surface area contributed by atoms with Gasteiger partial charge in [-0.3, -0.25) is 10.2 Å². The first kappa shape index (κ1) is 22.5. The molecule has 120 valence electrons. The van der Waals surface area contributed by atoms with Crippen LogP contribution in [-0.2, 0) is 6.54 Å². The summed E-state index contributed by atoms with van der Waals surface area (Å²) in [7, 11) is 0. The average Bonchev–Trinajstić information content (AvgIpc) is 2.48. The highest BCUT2D eigenvalue weighted by molar-refractivity contribution is 5.85. The van der Waals surface area contributed by atoms with Crippen molar-refractivity contribution in [2.45, 2.75) is 26.4 Å². The minimum absolute atomic E-state index is 0. The number of aliphatic hydroxyl groups excluding tert-OH is 1. The van der Waals surface area contributed by atoms with Gasteiger partial charge in [-0.2, -0.15) is 0 Å². The van der Waals surface area contributed by atoms with Crippen LogP contribution in [0.1, 0.15) is 19.4 Å². The second-order valence-electron chi connectivity index (χ2n) is 4.38. The number of nitrogens with one attached hydrogen (secondary N) is 1. The number of nitrogens with zero attached hydrogens (tertiary/aromatic N) is 1. The van der Waals surface area contributed by atoms with E-state index in [1.807, 2.05) is 18.2 Å². The first-order valence-corrected chi connectivity index (χ1v) is 6.89. The highest BCUT2D eigenvalue weighted by Crippen LogP contribution is 1.97. The Bertz CT molecular complexity index is 400. The Labute approximate surface area is 140 Å². The molecule has 0 fully saturated rings. The number of aliphatic hydroxyl groups is 1. The van der Waals surface area contributed by atoms with Crippen LogP contribution in [0, 0.1) is 11.8 Å². The minimum Gasteiger partial charge on any atom is -0.394 e. The second-order valence-corrected chi connectivity index (χ2v) is 4.38. The van der Waals surface area contributed by atoms with Crippen molar-refractivity contribution < 1.29 is 5.11 Å². The second kappa shape index (κ2) is 14.2. The van der Waals surface area contributed by atoms with Crippen LogP contribution in [0.25, 0.3) is 0 Å². The Kier molecular flexibility index (Phi) is 15.2. The first-order valence-electron chi connectivity index (χ1n) is 6.89. The zero-order chi connectivity index (χ0) is 13.9. The molecule has 0 bridgehead atoms. The largest absolute Gasteiger partial charge is 0.394 e. The van der Waals surface area contributed by atoms with Crippen molar-refractivity contribution in [2.24, 2.45) is 0 Å². The molecule has 0 aliphatic heterocycles. The number of hydrogen-bond donors (Lipinski definition) is 2. The Morgan fingerprint density at radius 1 is 1.14 bits per heavy atom. The molecule has 1 aromatic carbocycles. The third-order valence-electron chi connectivity index (χ3n) is 3.05. The molecule has 0 radical (unpaired) electrons. The molecule has 0 saturated heterocycles. The molecule has 3 nitrogen and oxygen atoms in total. The SMILES string of the molecule is CCN(CC)CC#CC(CO)NCc1ccccc1.Cl.Cl. The normalized spacial score (nSPS) is 10.9. The van der Waals surface area contributed by atoms with E-state index in [2.05, 4.69) is 48.0 Å². The Balaban J connectivity index is 0. The number of halogens is 2. The summed E-state index contributed by atoms with van der Waals surface area (Å²) in [5.41, 5.74) is 1.20. The average molecular weight is 333 g/mol. The molecule has 0 spiro atoms. The monoisotopic (exact) mass is 332 g/mol. The van der Waals surface area contributed by atoms with E-state index < -0.39 is 0 Å². The van der Waals surface area contributed by atoms with Gasteiger partial charge >= 0.3 is 0 Å². The lowest BCUT2D eigenvalue weighted by molar-refractivity contribution is 0.267.